The van der Waals surface area contributed by atoms with Gasteiger partial charge in [-0.3, -0.25) is 0 Å². The van der Waals surface area contributed by atoms with Gasteiger partial charge in [0.25, 0.3) is 0 Å². The van der Waals surface area contributed by atoms with Gasteiger partial charge in [0.1, 0.15) is 5.82 Å². The van der Waals surface area contributed by atoms with E-state index in [4.69, 9.17) is 9.97 Å². The number of rotatable bonds is 7. The Morgan fingerprint density at radius 2 is 1.74 bits per heavy atom. The molecule has 1 fully saturated rings. The highest BCUT2D eigenvalue weighted by molar-refractivity contribution is 5.90. The van der Waals surface area contributed by atoms with Gasteiger partial charge in [-0.15, -0.1) is 0 Å². The standard InChI is InChI=1S/C24H29F2N5/c1-31(2)23-19-5-3-4-6-22(19)29-24(30-23)28-18-10-7-16(8-11-18)14-27-15-17-9-12-20(25)21(26)13-17/h3-6,9,12-13,16,18,27H,7-8,10-11,14-15H2,1-2H3,(H,28,29,30). The number of hydrogen-bond acceptors (Lipinski definition) is 5. The third-order valence-electron chi connectivity index (χ3n) is 5.93. The van der Waals surface area contributed by atoms with Gasteiger partial charge in [-0.25, -0.2) is 13.8 Å². The molecule has 0 aliphatic heterocycles. The van der Waals surface area contributed by atoms with Crippen LogP contribution in [0.5, 0.6) is 0 Å². The number of aromatic nitrogens is 2. The first-order chi connectivity index (χ1) is 15.0. The minimum absolute atomic E-state index is 0.360. The normalized spacial score (nSPS) is 18.8. The molecule has 164 valence electrons. The maximum absolute atomic E-state index is 13.3. The largest absolute Gasteiger partial charge is 0.362 e. The summed E-state index contributed by atoms with van der Waals surface area (Å²) in [4.78, 5) is 11.5. The van der Waals surface area contributed by atoms with E-state index >= 15 is 0 Å². The van der Waals surface area contributed by atoms with Crippen LogP contribution in [-0.2, 0) is 6.54 Å². The number of benzene rings is 2. The van der Waals surface area contributed by atoms with E-state index in [1.54, 1.807) is 6.07 Å². The molecule has 0 bridgehead atoms. The van der Waals surface area contributed by atoms with Gasteiger partial charge in [0.2, 0.25) is 5.95 Å². The SMILES string of the molecule is CN(C)c1nc(NC2CCC(CNCc3ccc(F)c(F)c3)CC2)nc2ccccc12. The fourth-order valence-corrected chi connectivity index (χ4v) is 4.23. The number of halogens is 2. The predicted molar refractivity (Wildman–Crippen MR) is 121 cm³/mol. The van der Waals surface area contributed by atoms with Crippen LogP contribution in [-0.4, -0.2) is 36.6 Å². The molecule has 0 atom stereocenters. The zero-order valence-corrected chi connectivity index (χ0v) is 18.0. The summed E-state index contributed by atoms with van der Waals surface area (Å²) < 4.78 is 26.3. The molecule has 2 N–H and O–H groups in total. The van der Waals surface area contributed by atoms with Crippen LogP contribution >= 0.6 is 0 Å². The fourth-order valence-electron chi connectivity index (χ4n) is 4.23. The molecule has 3 aromatic rings. The monoisotopic (exact) mass is 425 g/mol. The van der Waals surface area contributed by atoms with Gasteiger partial charge >= 0.3 is 0 Å². The Morgan fingerprint density at radius 1 is 0.968 bits per heavy atom. The molecule has 2 aromatic carbocycles. The second-order valence-corrected chi connectivity index (χ2v) is 8.52. The van der Waals surface area contributed by atoms with E-state index in [0.29, 0.717) is 24.5 Å². The number of hydrogen-bond donors (Lipinski definition) is 2. The molecule has 7 heteroatoms. The first-order valence-electron chi connectivity index (χ1n) is 10.8. The van der Waals surface area contributed by atoms with Gasteiger partial charge in [-0.05, 0) is 68.0 Å². The Balaban J connectivity index is 1.29. The van der Waals surface area contributed by atoms with E-state index in [-0.39, 0.29) is 0 Å². The highest BCUT2D eigenvalue weighted by Crippen LogP contribution is 2.28. The van der Waals surface area contributed by atoms with Crippen molar-refractivity contribution in [2.45, 2.75) is 38.3 Å². The van der Waals surface area contributed by atoms with Crippen LogP contribution in [0.1, 0.15) is 31.2 Å². The minimum atomic E-state index is -0.803. The van der Waals surface area contributed by atoms with Crippen molar-refractivity contribution in [3.8, 4) is 0 Å². The summed E-state index contributed by atoms with van der Waals surface area (Å²) in [6.07, 6.45) is 4.34. The second kappa shape index (κ2) is 9.56. The Morgan fingerprint density at radius 3 is 2.48 bits per heavy atom. The maximum atomic E-state index is 13.3. The van der Waals surface area contributed by atoms with E-state index in [1.807, 2.05) is 43.3 Å². The molecule has 1 saturated carbocycles. The van der Waals surface area contributed by atoms with Gasteiger partial charge < -0.3 is 15.5 Å². The summed E-state index contributed by atoms with van der Waals surface area (Å²) in [6.45, 7) is 1.43. The average molecular weight is 426 g/mol. The van der Waals surface area contributed by atoms with Crippen molar-refractivity contribution in [3.63, 3.8) is 0 Å². The van der Waals surface area contributed by atoms with Crippen molar-refractivity contribution in [1.29, 1.82) is 0 Å². The molecule has 31 heavy (non-hydrogen) atoms. The molecule has 1 aliphatic rings. The third-order valence-corrected chi connectivity index (χ3v) is 5.93. The van der Waals surface area contributed by atoms with Crippen molar-refractivity contribution in [2.24, 2.45) is 5.92 Å². The lowest BCUT2D eigenvalue weighted by atomic mass is 9.86. The van der Waals surface area contributed by atoms with Crippen LogP contribution in [0.15, 0.2) is 42.5 Å². The van der Waals surface area contributed by atoms with Crippen molar-refractivity contribution in [1.82, 2.24) is 15.3 Å². The molecule has 0 radical (unpaired) electrons. The number of fused-ring (bicyclic) bond motifs is 1. The smallest absolute Gasteiger partial charge is 0.225 e. The maximum Gasteiger partial charge on any atom is 0.225 e. The molecule has 0 unspecified atom stereocenters. The number of nitrogens with one attached hydrogen (secondary N) is 2. The van der Waals surface area contributed by atoms with Crippen LogP contribution in [0, 0.1) is 17.6 Å². The summed E-state index contributed by atoms with van der Waals surface area (Å²) in [5.74, 6) is 0.589. The summed E-state index contributed by atoms with van der Waals surface area (Å²) in [7, 11) is 3.99. The minimum Gasteiger partial charge on any atom is -0.362 e. The summed E-state index contributed by atoms with van der Waals surface area (Å²) in [6, 6.07) is 12.5. The summed E-state index contributed by atoms with van der Waals surface area (Å²) in [5, 5.41) is 7.97. The lowest BCUT2D eigenvalue weighted by Crippen LogP contribution is -2.31. The Kier molecular flexibility index (Phi) is 6.61. The van der Waals surface area contributed by atoms with Crippen LogP contribution in [0.2, 0.25) is 0 Å². The fraction of sp³-hybridized carbons (Fsp3) is 0.417. The molecule has 1 aromatic heterocycles. The molecule has 0 spiro atoms. The number of para-hydroxylation sites is 1. The van der Waals surface area contributed by atoms with Crippen LogP contribution < -0.4 is 15.5 Å². The van der Waals surface area contributed by atoms with Crippen molar-refractivity contribution in [3.05, 3.63) is 59.7 Å². The van der Waals surface area contributed by atoms with Gasteiger partial charge in [0.15, 0.2) is 11.6 Å². The molecule has 0 saturated heterocycles. The van der Waals surface area contributed by atoms with E-state index in [2.05, 4.69) is 10.6 Å². The molecule has 1 heterocycles. The first-order valence-corrected chi connectivity index (χ1v) is 10.8. The molecular formula is C24H29F2N5. The van der Waals surface area contributed by atoms with Gasteiger partial charge in [0.05, 0.1) is 5.52 Å². The quantitative estimate of drug-likeness (QED) is 0.573. The third kappa shape index (κ3) is 5.28. The molecule has 0 amide bonds. The van der Waals surface area contributed by atoms with Crippen LogP contribution in [0.25, 0.3) is 10.9 Å². The number of nitrogens with zero attached hydrogens (tertiary/aromatic N) is 3. The summed E-state index contributed by atoms with van der Waals surface area (Å²) >= 11 is 0. The molecule has 1 aliphatic carbocycles. The average Bonchev–Trinajstić information content (AvgIpc) is 2.77. The van der Waals surface area contributed by atoms with Crippen molar-refractivity contribution < 1.29 is 8.78 Å². The molecule has 4 rings (SSSR count). The Labute approximate surface area is 181 Å². The highest BCUT2D eigenvalue weighted by Gasteiger charge is 2.22. The molecular weight excluding hydrogens is 396 g/mol. The van der Waals surface area contributed by atoms with Crippen molar-refractivity contribution in [2.75, 3.05) is 30.9 Å². The summed E-state index contributed by atoms with van der Waals surface area (Å²) in [5.41, 5.74) is 1.71. The lowest BCUT2D eigenvalue weighted by Gasteiger charge is -2.29. The molecule has 5 nitrogen and oxygen atoms in total. The predicted octanol–water partition coefficient (Wildman–Crippen LogP) is 4.73. The lowest BCUT2D eigenvalue weighted by molar-refractivity contribution is 0.323. The van der Waals surface area contributed by atoms with Gasteiger partial charge in [-0.1, -0.05) is 18.2 Å². The van der Waals surface area contributed by atoms with Gasteiger partial charge in [0, 0.05) is 32.1 Å². The highest BCUT2D eigenvalue weighted by atomic mass is 19.2. The zero-order valence-electron chi connectivity index (χ0n) is 18.0. The Bertz CT molecular complexity index is 1030. The topological polar surface area (TPSA) is 53.1 Å². The Hall–Kier alpha value is -2.80. The zero-order chi connectivity index (χ0) is 21.8. The van der Waals surface area contributed by atoms with E-state index < -0.39 is 11.6 Å². The van der Waals surface area contributed by atoms with E-state index in [0.717, 1.165) is 54.5 Å². The van der Waals surface area contributed by atoms with E-state index in [1.165, 1.54) is 12.1 Å². The van der Waals surface area contributed by atoms with E-state index in [9.17, 15) is 8.78 Å². The van der Waals surface area contributed by atoms with Gasteiger partial charge in [-0.2, -0.15) is 4.98 Å². The van der Waals surface area contributed by atoms with Crippen LogP contribution in [0.3, 0.4) is 0 Å². The first kappa shape index (κ1) is 21.4. The second-order valence-electron chi connectivity index (χ2n) is 8.52. The van der Waals surface area contributed by atoms with Crippen LogP contribution in [0.4, 0.5) is 20.5 Å². The number of anilines is 2. The van der Waals surface area contributed by atoms with Crippen molar-refractivity contribution >= 4 is 22.7 Å².